The van der Waals surface area contributed by atoms with Crippen LogP contribution in [0.4, 0.5) is 5.69 Å². The van der Waals surface area contributed by atoms with Crippen molar-refractivity contribution in [2.45, 2.75) is 12.1 Å². The third-order valence-corrected chi connectivity index (χ3v) is 3.21. The molecule has 0 bridgehead atoms. The van der Waals surface area contributed by atoms with E-state index in [0.29, 0.717) is 5.56 Å². The molecule has 6 heteroatoms. The van der Waals surface area contributed by atoms with Crippen molar-refractivity contribution in [3.05, 3.63) is 75.8 Å². The Labute approximate surface area is 127 Å². The molecule has 0 aliphatic carbocycles. The quantitative estimate of drug-likeness (QED) is 0.485. The maximum Gasteiger partial charge on any atom is 0.269 e. The van der Waals surface area contributed by atoms with Crippen molar-refractivity contribution < 1.29 is 15.1 Å². The third-order valence-electron chi connectivity index (χ3n) is 3.21. The van der Waals surface area contributed by atoms with E-state index in [1.54, 1.807) is 6.21 Å². The third kappa shape index (κ3) is 3.97. The second kappa shape index (κ2) is 7.44. The van der Waals surface area contributed by atoms with E-state index in [1.807, 2.05) is 30.3 Å². The minimum absolute atomic E-state index is 0.0516. The summed E-state index contributed by atoms with van der Waals surface area (Å²) in [5.74, 6) is 0. The summed E-state index contributed by atoms with van der Waals surface area (Å²) in [7, 11) is 0. The molecule has 0 aliphatic heterocycles. The Morgan fingerprint density at radius 3 is 2.32 bits per heavy atom. The van der Waals surface area contributed by atoms with Crippen molar-refractivity contribution in [2.75, 3.05) is 6.61 Å². The molecule has 2 N–H and O–H groups in total. The van der Waals surface area contributed by atoms with Crippen molar-refractivity contribution in [3.8, 4) is 0 Å². The van der Waals surface area contributed by atoms with Gasteiger partial charge in [-0.25, -0.2) is 0 Å². The number of aliphatic hydroxyl groups excluding tert-OH is 2. The average molecular weight is 300 g/mol. The van der Waals surface area contributed by atoms with Crippen LogP contribution >= 0.6 is 0 Å². The maximum atomic E-state index is 10.6. The van der Waals surface area contributed by atoms with Crippen molar-refractivity contribution >= 4 is 11.9 Å². The van der Waals surface area contributed by atoms with Crippen molar-refractivity contribution in [1.29, 1.82) is 0 Å². The van der Waals surface area contributed by atoms with E-state index in [1.165, 1.54) is 24.3 Å². The van der Waals surface area contributed by atoms with Gasteiger partial charge >= 0.3 is 0 Å². The molecule has 0 amide bonds. The zero-order valence-electron chi connectivity index (χ0n) is 11.7. The molecule has 6 nitrogen and oxygen atoms in total. The molecule has 0 saturated heterocycles. The number of aliphatic imine (C=N–C) groups is 1. The largest absolute Gasteiger partial charge is 0.394 e. The van der Waals surface area contributed by atoms with Crippen LogP contribution in [0.5, 0.6) is 0 Å². The van der Waals surface area contributed by atoms with Gasteiger partial charge in [0, 0.05) is 18.3 Å². The number of benzene rings is 2. The highest BCUT2D eigenvalue weighted by molar-refractivity contribution is 5.79. The van der Waals surface area contributed by atoms with Gasteiger partial charge < -0.3 is 10.2 Å². The van der Waals surface area contributed by atoms with E-state index >= 15 is 0 Å². The summed E-state index contributed by atoms with van der Waals surface area (Å²) in [6.45, 7) is -0.332. The number of hydrogen-bond donors (Lipinski definition) is 2. The first-order valence-electron chi connectivity index (χ1n) is 6.73. The van der Waals surface area contributed by atoms with Crippen LogP contribution in [-0.2, 0) is 0 Å². The van der Waals surface area contributed by atoms with E-state index in [-0.39, 0.29) is 12.3 Å². The Bertz CT molecular complexity index is 641. The van der Waals surface area contributed by atoms with Crippen LogP contribution in [0.25, 0.3) is 0 Å². The smallest absolute Gasteiger partial charge is 0.269 e. The van der Waals surface area contributed by atoms with Gasteiger partial charge in [0.25, 0.3) is 5.69 Å². The molecule has 0 saturated carbocycles. The van der Waals surface area contributed by atoms with Crippen LogP contribution in [0.3, 0.4) is 0 Å². The van der Waals surface area contributed by atoms with Crippen LogP contribution in [0.2, 0.25) is 0 Å². The Balaban J connectivity index is 2.12. The van der Waals surface area contributed by atoms with Crippen molar-refractivity contribution in [2.24, 2.45) is 4.99 Å². The van der Waals surface area contributed by atoms with Crippen LogP contribution in [-0.4, -0.2) is 34.0 Å². The lowest BCUT2D eigenvalue weighted by molar-refractivity contribution is -0.384. The topological polar surface area (TPSA) is 96.0 Å². The molecule has 114 valence electrons. The van der Waals surface area contributed by atoms with Gasteiger partial charge in [0.05, 0.1) is 11.5 Å². The number of nitro benzene ring substituents is 1. The predicted molar refractivity (Wildman–Crippen MR) is 83.0 cm³/mol. The maximum absolute atomic E-state index is 10.6. The Hall–Kier alpha value is -2.57. The molecule has 2 aromatic carbocycles. The highest BCUT2D eigenvalue weighted by Gasteiger charge is 2.19. The van der Waals surface area contributed by atoms with Gasteiger partial charge in [0.15, 0.2) is 0 Å². The molecule has 2 atom stereocenters. The molecule has 0 heterocycles. The molecule has 0 unspecified atom stereocenters. The van der Waals surface area contributed by atoms with Crippen LogP contribution in [0.1, 0.15) is 17.2 Å². The summed E-state index contributed by atoms with van der Waals surface area (Å²) in [6.07, 6.45) is 0.543. The lowest BCUT2D eigenvalue weighted by Crippen LogP contribution is -2.21. The molecule has 2 aromatic rings. The molecule has 0 spiro atoms. The fourth-order valence-electron chi connectivity index (χ4n) is 1.96. The molecule has 0 radical (unpaired) electrons. The monoisotopic (exact) mass is 300 g/mol. The number of aliphatic hydroxyl groups is 2. The van der Waals surface area contributed by atoms with Gasteiger partial charge in [-0.1, -0.05) is 30.3 Å². The number of nitro groups is 1. The summed E-state index contributed by atoms with van der Waals surface area (Å²) in [6, 6.07) is 14.1. The summed E-state index contributed by atoms with van der Waals surface area (Å²) in [5, 5.41) is 30.3. The first kappa shape index (κ1) is 15.8. The lowest BCUT2D eigenvalue weighted by Gasteiger charge is -2.17. The summed E-state index contributed by atoms with van der Waals surface area (Å²) >= 11 is 0. The van der Waals surface area contributed by atoms with Crippen LogP contribution < -0.4 is 0 Å². The second-order valence-corrected chi connectivity index (χ2v) is 4.73. The standard InChI is InChI=1S/C16H16N2O4/c19-11-15(17-10-12-4-2-1-3-5-12)16(20)13-6-8-14(9-7-13)18(21)22/h1-10,15-16,19-20H,11H2/t15-,16-/m1/s1. The zero-order chi connectivity index (χ0) is 15.9. The molecular weight excluding hydrogens is 284 g/mol. The van der Waals surface area contributed by atoms with E-state index in [2.05, 4.69) is 4.99 Å². The van der Waals surface area contributed by atoms with Gasteiger partial charge in [-0.05, 0) is 23.3 Å². The fourth-order valence-corrected chi connectivity index (χ4v) is 1.96. The predicted octanol–water partition coefficient (Wildman–Crippen LogP) is 2.11. The minimum atomic E-state index is -1.04. The SMILES string of the molecule is O=[N+]([O-])c1ccc([C@@H](O)[C@@H](CO)N=Cc2ccccc2)cc1. The van der Waals surface area contributed by atoms with Gasteiger partial charge in [-0.15, -0.1) is 0 Å². The number of nitrogens with zero attached hydrogens (tertiary/aromatic N) is 2. The summed E-state index contributed by atoms with van der Waals surface area (Å²) < 4.78 is 0. The minimum Gasteiger partial charge on any atom is -0.394 e. The van der Waals surface area contributed by atoms with E-state index in [4.69, 9.17) is 0 Å². The average Bonchev–Trinajstić information content (AvgIpc) is 2.56. The lowest BCUT2D eigenvalue weighted by atomic mass is 10.0. The molecule has 0 fully saturated rings. The van der Waals surface area contributed by atoms with E-state index in [0.717, 1.165) is 5.56 Å². The highest BCUT2D eigenvalue weighted by atomic mass is 16.6. The summed E-state index contributed by atoms with van der Waals surface area (Å²) in [5.41, 5.74) is 1.27. The first-order chi connectivity index (χ1) is 10.6. The number of hydrogen-bond acceptors (Lipinski definition) is 5. The first-order valence-corrected chi connectivity index (χ1v) is 6.73. The van der Waals surface area contributed by atoms with Gasteiger partial charge in [-0.3, -0.25) is 15.1 Å². The molecule has 22 heavy (non-hydrogen) atoms. The van der Waals surface area contributed by atoms with E-state index in [9.17, 15) is 20.3 Å². The van der Waals surface area contributed by atoms with Gasteiger partial charge in [-0.2, -0.15) is 0 Å². The Morgan fingerprint density at radius 2 is 1.77 bits per heavy atom. The summed E-state index contributed by atoms with van der Waals surface area (Å²) in [4.78, 5) is 14.3. The number of non-ortho nitro benzene ring substituents is 1. The molecule has 0 aliphatic rings. The Kier molecular flexibility index (Phi) is 5.35. The fraction of sp³-hybridized carbons (Fsp3) is 0.188. The van der Waals surface area contributed by atoms with Crippen molar-refractivity contribution in [1.82, 2.24) is 0 Å². The van der Waals surface area contributed by atoms with Crippen molar-refractivity contribution in [3.63, 3.8) is 0 Å². The highest BCUT2D eigenvalue weighted by Crippen LogP contribution is 2.22. The zero-order valence-corrected chi connectivity index (χ0v) is 11.7. The van der Waals surface area contributed by atoms with Gasteiger partial charge in [0.1, 0.15) is 12.1 Å². The molecular formula is C16H16N2O4. The normalized spacial score (nSPS) is 13.9. The van der Waals surface area contributed by atoms with Crippen LogP contribution in [0.15, 0.2) is 59.6 Å². The van der Waals surface area contributed by atoms with Crippen LogP contribution in [0, 0.1) is 10.1 Å². The molecule has 0 aromatic heterocycles. The second-order valence-electron chi connectivity index (χ2n) is 4.73. The van der Waals surface area contributed by atoms with Gasteiger partial charge in [0.2, 0.25) is 0 Å². The number of rotatable bonds is 6. The Morgan fingerprint density at radius 1 is 1.14 bits per heavy atom. The van der Waals surface area contributed by atoms with E-state index < -0.39 is 17.1 Å². The molecule has 2 rings (SSSR count).